The van der Waals surface area contributed by atoms with Gasteiger partial charge in [0.25, 0.3) is 0 Å². The maximum atomic E-state index is 15.9. The molecule has 12 heteroatoms. The summed E-state index contributed by atoms with van der Waals surface area (Å²) in [7, 11) is 0. The van der Waals surface area contributed by atoms with Gasteiger partial charge in [0.1, 0.15) is 30.2 Å². The average molecular weight is 582 g/mol. The third-order valence-electron chi connectivity index (χ3n) is 9.40. The van der Waals surface area contributed by atoms with E-state index in [9.17, 15) is 8.78 Å². The highest BCUT2D eigenvalue weighted by Gasteiger charge is 2.49. The highest BCUT2D eigenvalue weighted by atomic mass is 32.1. The Hall–Kier alpha value is -3.22. The topological polar surface area (TPSA) is 92.4 Å². The number of nitrogens with one attached hydrogen (secondary N) is 1. The van der Waals surface area contributed by atoms with E-state index in [2.05, 4.69) is 20.1 Å². The summed E-state index contributed by atoms with van der Waals surface area (Å²) in [5.74, 6) is -0.267. The summed E-state index contributed by atoms with van der Waals surface area (Å²) in [4.78, 5) is 18.4. The van der Waals surface area contributed by atoms with Crippen molar-refractivity contribution in [3.8, 4) is 17.1 Å². The Kier molecular flexibility index (Phi) is 5.84. The van der Waals surface area contributed by atoms with Gasteiger partial charge in [0.15, 0.2) is 5.13 Å². The van der Waals surface area contributed by atoms with Gasteiger partial charge in [-0.15, -0.1) is 0 Å². The first kappa shape index (κ1) is 25.5. The van der Waals surface area contributed by atoms with Crippen molar-refractivity contribution in [2.24, 2.45) is 0 Å². The number of nitrogens with two attached hydrogens (primary N) is 1. The normalized spacial score (nSPS) is 27.8. The number of piperazine rings is 1. The number of fused-ring (bicyclic) bond motifs is 5. The summed E-state index contributed by atoms with van der Waals surface area (Å²) < 4.78 is 51.4. The van der Waals surface area contributed by atoms with Crippen molar-refractivity contribution in [2.45, 2.75) is 55.9 Å². The van der Waals surface area contributed by atoms with Crippen LogP contribution in [0.15, 0.2) is 24.3 Å². The summed E-state index contributed by atoms with van der Waals surface area (Å²) >= 11 is 1.03. The number of nitrogen functional groups attached to an aromatic ring is 1. The van der Waals surface area contributed by atoms with Gasteiger partial charge in [-0.25, -0.2) is 18.2 Å². The molecule has 6 heterocycles. The third kappa shape index (κ3) is 4.05. The number of aromatic nitrogens is 3. The van der Waals surface area contributed by atoms with Gasteiger partial charge >= 0.3 is 6.01 Å². The maximum Gasteiger partial charge on any atom is 0.319 e. The van der Waals surface area contributed by atoms with E-state index in [0.29, 0.717) is 47.4 Å². The lowest BCUT2D eigenvalue weighted by Crippen LogP contribution is -2.52. The van der Waals surface area contributed by atoms with Crippen LogP contribution in [-0.4, -0.2) is 76.4 Å². The molecule has 2 aromatic carbocycles. The predicted molar refractivity (Wildman–Crippen MR) is 153 cm³/mol. The number of anilines is 2. The Labute approximate surface area is 238 Å². The molecule has 2 bridgehead atoms. The van der Waals surface area contributed by atoms with Gasteiger partial charge in [-0.05, 0) is 56.5 Å². The lowest BCUT2D eigenvalue weighted by Gasteiger charge is -2.37. The number of nitrogens with zero attached hydrogens (tertiary/aromatic N) is 5. The number of ether oxygens (including phenoxy) is 1. The van der Waals surface area contributed by atoms with E-state index in [0.717, 1.165) is 56.7 Å². The number of benzene rings is 2. The van der Waals surface area contributed by atoms with Crippen molar-refractivity contribution >= 4 is 43.4 Å². The van der Waals surface area contributed by atoms with Crippen LogP contribution < -0.4 is 20.7 Å². The van der Waals surface area contributed by atoms with Crippen molar-refractivity contribution in [3.63, 3.8) is 0 Å². The molecule has 4 fully saturated rings. The minimum atomic E-state index is -0.860. The Morgan fingerprint density at radius 2 is 1.90 bits per heavy atom. The number of thiazole rings is 1. The van der Waals surface area contributed by atoms with Crippen LogP contribution in [0.2, 0.25) is 0 Å². The first-order valence-corrected chi connectivity index (χ1v) is 15.1. The number of halogens is 3. The number of hydrogen-bond donors (Lipinski definition) is 2. The van der Waals surface area contributed by atoms with E-state index >= 15 is 4.39 Å². The number of rotatable bonds is 5. The summed E-state index contributed by atoms with van der Waals surface area (Å²) in [6, 6.07) is 6.66. The first-order chi connectivity index (χ1) is 19.9. The van der Waals surface area contributed by atoms with E-state index in [1.165, 1.54) is 18.2 Å². The molecule has 0 aliphatic carbocycles. The molecule has 4 atom stereocenters. The van der Waals surface area contributed by atoms with Gasteiger partial charge in [0.2, 0.25) is 0 Å². The Morgan fingerprint density at radius 3 is 2.73 bits per heavy atom. The second-order valence-electron chi connectivity index (χ2n) is 11.8. The molecule has 8 nitrogen and oxygen atoms in total. The smallest absolute Gasteiger partial charge is 0.319 e. The van der Waals surface area contributed by atoms with E-state index in [1.807, 2.05) is 0 Å². The van der Waals surface area contributed by atoms with Crippen LogP contribution in [0, 0.1) is 11.6 Å². The third-order valence-corrected chi connectivity index (χ3v) is 10.3. The van der Waals surface area contributed by atoms with Gasteiger partial charge in [0, 0.05) is 54.7 Å². The van der Waals surface area contributed by atoms with Crippen molar-refractivity contribution in [1.29, 1.82) is 0 Å². The van der Waals surface area contributed by atoms with Crippen LogP contribution in [0.3, 0.4) is 0 Å². The zero-order valence-corrected chi connectivity index (χ0v) is 23.2. The molecule has 2 aromatic heterocycles. The van der Waals surface area contributed by atoms with Gasteiger partial charge in [0.05, 0.1) is 21.3 Å². The van der Waals surface area contributed by atoms with Crippen LogP contribution >= 0.6 is 11.3 Å². The summed E-state index contributed by atoms with van der Waals surface area (Å²) in [5.41, 5.74) is 7.09. The van der Waals surface area contributed by atoms with Crippen molar-refractivity contribution < 1.29 is 17.9 Å². The first-order valence-electron chi connectivity index (χ1n) is 14.3. The summed E-state index contributed by atoms with van der Waals surface area (Å²) in [6.45, 7) is 3.26. The molecule has 4 aliphatic rings. The average Bonchev–Trinajstić information content (AvgIpc) is 3.67. The highest BCUT2D eigenvalue weighted by molar-refractivity contribution is 7.22. The van der Waals surface area contributed by atoms with Crippen molar-refractivity contribution in [2.75, 3.05) is 43.4 Å². The monoisotopic (exact) mass is 581 g/mol. The summed E-state index contributed by atoms with van der Waals surface area (Å²) in [5, 5.41) is 4.30. The van der Waals surface area contributed by atoms with Crippen LogP contribution in [-0.2, 0) is 0 Å². The van der Waals surface area contributed by atoms with E-state index in [-0.39, 0.29) is 39.0 Å². The molecule has 3 N–H and O–H groups in total. The fourth-order valence-corrected chi connectivity index (χ4v) is 8.33. The lowest BCUT2D eigenvalue weighted by molar-refractivity contribution is 0.107. The molecule has 8 rings (SSSR count). The fourth-order valence-electron chi connectivity index (χ4n) is 7.56. The largest absolute Gasteiger partial charge is 0.461 e. The Balaban J connectivity index is 1.25. The zero-order chi connectivity index (χ0) is 27.9. The van der Waals surface area contributed by atoms with E-state index in [1.54, 1.807) is 6.07 Å². The van der Waals surface area contributed by atoms with Crippen molar-refractivity contribution in [1.82, 2.24) is 25.2 Å². The minimum absolute atomic E-state index is 0.202. The van der Waals surface area contributed by atoms with Crippen LogP contribution in [0.1, 0.15) is 32.1 Å². The fraction of sp³-hybridized carbons (Fsp3) is 0.483. The maximum absolute atomic E-state index is 15.9. The van der Waals surface area contributed by atoms with Gasteiger partial charge in [-0.2, -0.15) is 9.97 Å². The van der Waals surface area contributed by atoms with Crippen LogP contribution in [0.25, 0.3) is 32.2 Å². The molecule has 214 valence electrons. The summed E-state index contributed by atoms with van der Waals surface area (Å²) in [6.07, 6.45) is 3.52. The van der Waals surface area contributed by atoms with Crippen LogP contribution in [0.5, 0.6) is 6.01 Å². The molecule has 0 spiro atoms. The second-order valence-corrected chi connectivity index (χ2v) is 12.8. The molecule has 4 aromatic rings. The SMILES string of the molecule is Nc1nc2c(-c3cc4nc(OC[C@@]56CCCN5C[C@H](F)C6)nc(N5C6CCC5CNC6)c4cc3F)ccc(F)c2s1. The molecular formula is C29H30F3N7OS. The van der Waals surface area contributed by atoms with Gasteiger partial charge in [-0.1, -0.05) is 11.3 Å². The Morgan fingerprint density at radius 1 is 1.07 bits per heavy atom. The quantitative estimate of drug-likeness (QED) is 0.352. The van der Waals surface area contributed by atoms with E-state index < -0.39 is 17.8 Å². The zero-order valence-electron chi connectivity index (χ0n) is 22.4. The molecule has 4 saturated heterocycles. The molecule has 0 radical (unpaired) electrons. The van der Waals surface area contributed by atoms with E-state index in [4.69, 9.17) is 20.4 Å². The number of alkyl halides is 1. The van der Waals surface area contributed by atoms with Gasteiger partial charge < -0.3 is 20.7 Å². The minimum Gasteiger partial charge on any atom is -0.461 e. The lowest BCUT2D eigenvalue weighted by atomic mass is 9.95. The molecular weight excluding hydrogens is 551 g/mol. The molecule has 0 saturated carbocycles. The second kappa shape index (κ2) is 9.40. The standard InChI is InChI=1S/C29H30F3N7OS/c30-15-10-29(6-1-7-38(29)13-15)14-40-28-35-23-9-19(18-4-5-21(31)25-24(18)36-27(33)41-25)22(32)8-20(23)26(37-28)39-16-2-3-17(39)12-34-11-16/h4-5,8-9,15-17,34H,1-3,6-7,10-14H2,(H2,33,36)/t15-,16?,17?,29+/m1/s1. The van der Waals surface area contributed by atoms with Gasteiger partial charge in [-0.3, -0.25) is 4.90 Å². The predicted octanol–water partition coefficient (Wildman–Crippen LogP) is 4.66. The highest BCUT2D eigenvalue weighted by Crippen LogP contribution is 2.42. The molecule has 4 aliphatic heterocycles. The van der Waals surface area contributed by atoms with Crippen LogP contribution in [0.4, 0.5) is 24.1 Å². The number of hydrogen-bond acceptors (Lipinski definition) is 9. The molecule has 41 heavy (non-hydrogen) atoms. The molecule has 2 unspecified atom stereocenters. The Bertz CT molecular complexity index is 1670. The van der Waals surface area contributed by atoms with Crippen molar-refractivity contribution in [3.05, 3.63) is 35.9 Å². The molecule has 0 amide bonds.